The molecular weight excluding hydrogens is 299 g/mol. The average Bonchev–Trinajstić information content (AvgIpc) is 2.83. The quantitative estimate of drug-likeness (QED) is 0.859. The minimum atomic E-state index is -0.405. The summed E-state index contributed by atoms with van der Waals surface area (Å²) in [6.45, 7) is 4.43. The number of nitrogens with zero attached hydrogens (tertiary/aromatic N) is 3. The van der Waals surface area contributed by atoms with Crippen LogP contribution in [0.15, 0.2) is 23.4 Å². The molecule has 0 spiro atoms. The second-order valence-corrected chi connectivity index (χ2v) is 5.89. The van der Waals surface area contributed by atoms with Crippen molar-refractivity contribution >= 4 is 23.4 Å². The van der Waals surface area contributed by atoms with Crippen LogP contribution in [0.1, 0.15) is 31.3 Å². The van der Waals surface area contributed by atoms with E-state index >= 15 is 0 Å². The molecule has 0 unspecified atom stereocenters. The molecule has 0 amide bonds. The summed E-state index contributed by atoms with van der Waals surface area (Å²) in [6, 6.07) is 5.02. The zero-order chi connectivity index (χ0) is 14.7. The van der Waals surface area contributed by atoms with E-state index in [1.807, 2.05) is 18.4 Å². The summed E-state index contributed by atoms with van der Waals surface area (Å²) >= 11 is 7.41. The van der Waals surface area contributed by atoms with Crippen molar-refractivity contribution < 1.29 is 4.39 Å². The van der Waals surface area contributed by atoms with Gasteiger partial charge in [0.2, 0.25) is 0 Å². The minimum Gasteiger partial charge on any atom is -0.324 e. The lowest BCUT2D eigenvalue weighted by molar-refractivity contribution is 0.526. The van der Waals surface area contributed by atoms with Gasteiger partial charge in [0.05, 0.1) is 11.6 Å². The maximum Gasteiger partial charge on any atom is 0.191 e. The van der Waals surface area contributed by atoms with Crippen LogP contribution in [0.3, 0.4) is 0 Å². The summed E-state index contributed by atoms with van der Waals surface area (Å²) in [4.78, 5) is 0. The lowest BCUT2D eigenvalue weighted by atomic mass is 10.2. The summed E-state index contributed by atoms with van der Waals surface area (Å²) in [6.07, 6.45) is 0. The van der Waals surface area contributed by atoms with Crippen molar-refractivity contribution in [2.45, 2.75) is 37.3 Å². The molecule has 2 aromatic rings. The van der Waals surface area contributed by atoms with E-state index in [0.717, 1.165) is 16.5 Å². The molecule has 0 aliphatic rings. The molecule has 0 aliphatic heterocycles. The molecule has 108 valence electrons. The monoisotopic (exact) mass is 314 g/mol. The van der Waals surface area contributed by atoms with Gasteiger partial charge in [0, 0.05) is 11.8 Å². The maximum atomic E-state index is 13.4. The third kappa shape index (κ3) is 3.13. The lowest BCUT2D eigenvalue weighted by Crippen LogP contribution is -2.11. The second kappa shape index (κ2) is 6.56. The standard InChI is InChI=1S/C13H16ClFN4S/c1-8(2)19-11(6-16)17-18-13(19)20-7-9-4-3-5-10(15)12(9)14/h3-5,8H,6-7,16H2,1-2H3. The molecule has 1 heterocycles. The summed E-state index contributed by atoms with van der Waals surface area (Å²) in [7, 11) is 0. The molecule has 2 N–H and O–H groups in total. The fourth-order valence-electron chi connectivity index (χ4n) is 1.87. The summed E-state index contributed by atoms with van der Waals surface area (Å²) < 4.78 is 15.4. The van der Waals surface area contributed by atoms with Crippen molar-refractivity contribution in [3.05, 3.63) is 40.4 Å². The number of thioether (sulfide) groups is 1. The van der Waals surface area contributed by atoms with E-state index in [-0.39, 0.29) is 11.1 Å². The zero-order valence-electron chi connectivity index (χ0n) is 11.3. The smallest absolute Gasteiger partial charge is 0.191 e. The molecule has 0 saturated heterocycles. The van der Waals surface area contributed by atoms with Gasteiger partial charge >= 0.3 is 0 Å². The number of nitrogens with two attached hydrogens (primary N) is 1. The molecule has 0 radical (unpaired) electrons. The normalized spacial score (nSPS) is 11.3. The van der Waals surface area contributed by atoms with Crippen LogP contribution >= 0.6 is 23.4 Å². The average molecular weight is 315 g/mol. The van der Waals surface area contributed by atoms with Crippen LogP contribution in [0, 0.1) is 5.82 Å². The molecule has 4 nitrogen and oxygen atoms in total. The highest BCUT2D eigenvalue weighted by atomic mass is 35.5. The SMILES string of the molecule is CC(C)n1c(CN)nnc1SCc1cccc(F)c1Cl. The first-order valence-corrected chi connectivity index (χ1v) is 7.60. The maximum absolute atomic E-state index is 13.4. The first-order valence-electron chi connectivity index (χ1n) is 6.24. The molecule has 1 aromatic heterocycles. The van der Waals surface area contributed by atoms with Crippen LogP contribution in [0.5, 0.6) is 0 Å². The van der Waals surface area contributed by atoms with Crippen molar-refractivity contribution in [3.8, 4) is 0 Å². The van der Waals surface area contributed by atoms with E-state index in [0.29, 0.717) is 12.3 Å². The Morgan fingerprint density at radius 2 is 2.15 bits per heavy atom. The van der Waals surface area contributed by atoms with Crippen LogP contribution < -0.4 is 5.73 Å². The fraction of sp³-hybridized carbons (Fsp3) is 0.385. The first kappa shape index (κ1) is 15.3. The summed E-state index contributed by atoms with van der Waals surface area (Å²) in [5, 5.41) is 9.13. The van der Waals surface area contributed by atoms with Gasteiger partial charge in [-0.15, -0.1) is 10.2 Å². The van der Waals surface area contributed by atoms with E-state index in [1.165, 1.54) is 17.8 Å². The van der Waals surface area contributed by atoms with Gasteiger partial charge in [-0.25, -0.2) is 4.39 Å². The van der Waals surface area contributed by atoms with E-state index < -0.39 is 5.82 Å². The Kier molecular flexibility index (Phi) is 5.01. The molecule has 2 rings (SSSR count). The van der Waals surface area contributed by atoms with Crippen molar-refractivity contribution in [1.82, 2.24) is 14.8 Å². The highest BCUT2D eigenvalue weighted by Crippen LogP contribution is 2.29. The predicted octanol–water partition coefficient (Wildman–Crippen LogP) is 3.40. The Bertz CT molecular complexity index is 600. The van der Waals surface area contributed by atoms with E-state index in [9.17, 15) is 4.39 Å². The topological polar surface area (TPSA) is 56.7 Å². The van der Waals surface area contributed by atoms with Gasteiger partial charge in [-0.2, -0.15) is 0 Å². The minimum absolute atomic E-state index is 0.162. The molecule has 20 heavy (non-hydrogen) atoms. The highest BCUT2D eigenvalue weighted by molar-refractivity contribution is 7.98. The summed E-state index contributed by atoms with van der Waals surface area (Å²) in [5.74, 6) is 0.872. The van der Waals surface area contributed by atoms with Gasteiger partial charge < -0.3 is 10.3 Å². The van der Waals surface area contributed by atoms with Crippen molar-refractivity contribution in [2.75, 3.05) is 0 Å². The molecule has 1 aromatic carbocycles. The Morgan fingerprint density at radius 3 is 2.80 bits per heavy atom. The molecule has 0 fully saturated rings. The van der Waals surface area contributed by atoms with Crippen LogP contribution in [-0.4, -0.2) is 14.8 Å². The Balaban J connectivity index is 2.19. The van der Waals surface area contributed by atoms with Gasteiger partial charge in [-0.3, -0.25) is 0 Å². The van der Waals surface area contributed by atoms with Crippen LogP contribution in [-0.2, 0) is 12.3 Å². The largest absolute Gasteiger partial charge is 0.324 e. The van der Waals surface area contributed by atoms with Gasteiger partial charge in [0.15, 0.2) is 5.16 Å². The fourth-order valence-corrected chi connectivity index (χ4v) is 3.22. The molecule has 7 heteroatoms. The number of rotatable bonds is 5. The molecule has 0 saturated carbocycles. The molecular formula is C13H16ClFN4S. The number of hydrogen-bond donors (Lipinski definition) is 1. The lowest BCUT2D eigenvalue weighted by Gasteiger charge is -2.13. The molecule has 0 aliphatic carbocycles. The predicted molar refractivity (Wildman–Crippen MR) is 79.3 cm³/mol. The van der Waals surface area contributed by atoms with Crippen LogP contribution in [0.4, 0.5) is 4.39 Å². The number of hydrogen-bond acceptors (Lipinski definition) is 4. The summed E-state index contributed by atoms with van der Waals surface area (Å²) in [5.41, 5.74) is 6.39. The Labute approximate surface area is 126 Å². The third-order valence-corrected chi connectivity index (χ3v) is 4.24. The van der Waals surface area contributed by atoms with Crippen molar-refractivity contribution in [2.24, 2.45) is 5.73 Å². The zero-order valence-corrected chi connectivity index (χ0v) is 12.9. The van der Waals surface area contributed by atoms with Crippen LogP contribution in [0.2, 0.25) is 5.02 Å². The van der Waals surface area contributed by atoms with Gasteiger partial charge in [-0.1, -0.05) is 35.5 Å². The molecule has 0 bridgehead atoms. The third-order valence-electron chi connectivity index (χ3n) is 2.82. The van der Waals surface area contributed by atoms with E-state index in [1.54, 1.807) is 12.1 Å². The van der Waals surface area contributed by atoms with Gasteiger partial charge in [0.1, 0.15) is 11.6 Å². The number of halogens is 2. The number of aromatic nitrogens is 3. The Morgan fingerprint density at radius 1 is 1.40 bits per heavy atom. The van der Waals surface area contributed by atoms with Crippen molar-refractivity contribution in [3.63, 3.8) is 0 Å². The molecule has 0 atom stereocenters. The van der Waals surface area contributed by atoms with Gasteiger partial charge in [-0.05, 0) is 25.5 Å². The van der Waals surface area contributed by atoms with Crippen LogP contribution in [0.25, 0.3) is 0 Å². The highest BCUT2D eigenvalue weighted by Gasteiger charge is 2.15. The van der Waals surface area contributed by atoms with Gasteiger partial charge in [0.25, 0.3) is 0 Å². The Hall–Kier alpha value is -1.11. The van der Waals surface area contributed by atoms with E-state index in [4.69, 9.17) is 17.3 Å². The van der Waals surface area contributed by atoms with Crippen molar-refractivity contribution in [1.29, 1.82) is 0 Å². The van der Waals surface area contributed by atoms with E-state index in [2.05, 4.69) is 10.2 Å². The second-order valence-electron chi connectivity index (χ2n) is 4.57. The number of benzene rings is 1. The first-order chi connectivity index (χ1) is 9.54.